The van der Waals surface area contributed by atoms with Crippen LogP contribution in [-0.2, 0) is 9.59 Å². The van der Waals surface area contributed by atoms with Crippen molar-refractivity contribution in [3.05, 3.63) is 36.5 Å². The topological polar surface area (TPSA) is 163 Å². The van der Waals surface area contributed by atoms with Gasteiger partial charge in [0.15, 0.2) is 0 Å². The third-order valence-corrected chi connectivity index (χ3v) is 1.16. The number of aliphatic carboxylic acids is 2. The monoisotopic (exact) mass is 282 g/mol. The number of hydrogen-bond acceptors (Lipinski definition) is 6. The van der Waals surface area contributed by atoms with E-state index in [0.29, 0.717) is 0 Å². The zero-order chi connectivity index (χ0) is 16.6. The molecule has 0 rings (SSSR count). The van der Waals surface area contributed by atoms with Crippen molar-refractivity contribution in [3.8, 4) is 12.1 Å². The lowest BCUT2D eigenvalue weighted by molar-refractivity contribution is -0.133. The van der Waals surface area contributed by atoms with Gasteiger partial charge in [0.25, 0.3) is 0 Å². The molecule has 8 nitrogen and oxygen atoms in total. The van der Waals surface area contributed by atoms with Gasteiger partial charge in [-0.15, -0.1) is 0 Å². The van der Waals surface area contributed by atoms with Crippen molar-refractivity contribution in [2.75, 3.05) is 13.2 Å². The Balaban J connectivity index is -0.000000218. The predicted octanol–water partition coefficient (Wildman–Crippen LogP) is -0.171. The number of carboxylic acid groups (broad SMARTS) is 2. The molecule has 0 unspecified atom stereocenters. The Kier molecular flexibility index (Phi) is 17.9. The molecule has 0 spiro atoms. The molecule has 0 aliphatic rings. The Labute approximate surface area is 115 Å². The zero-order valence-electron chi connectivity index (χ0n) is 10.5. The Morgan fingerprint density at radius 3 is 1.20 bits per heavy atom. The van der Waals surface area contributed by atoms with Gasteiger partial charge in [-0.2, -0.15) is 10.5 Å². The van der Waals surface area contributed by atoms with E-state index in [9.17, 15) is 9.59 Å². The second-order valence-corrected chi connectivity index (χ2v) is 2.63. The highest BCUT2D eigenvalue weighted by Gasteiger charge is 1.98. The molecule has 0 heterocycles. The van der Waals surface area contributed by atoms with Crippen LogP contribution in [0.15, 0.2) is 36.5 Å². The van der Waals surface area contributed by atoms with Gasteiger partial charge in [-0.25, -0.2) is 9.59 Å². The van der Waals surface area contributed by atoms with Crippen LogP contribution in [-0.4, -0.2) is 45.6 Å². The van der Waals surface area contributed by atoms with Gasteiger partial charge >= 0.3 is 11.9 Å². The molecular weight excluding hydrogens is 268 g/mol. The van der Waals surface area contributed by atoms with Crippen molar-refractivity contribution < 1.29 is 30.0 Å². The number of rotatable bonds is 4. The molecule has 0 fully saturated rings. The van der Waals surface area contributed by atoms with Crippen molar-refractivity contribution >= 4 is 11.9 Å². The Hall–Kier alpha value is -2.94. The molecule has 108 valence electrons. The lowest BCUT2D eigenvalue weighted by Crippen LogP contribution is -1.94. The molecule has 0 amide bonds. The van der Waals surface area contributed by atoms with Crippen LogP contribution >= 0.6 is 0 Å². The summed E-state index contributed by atoms with van der Waals surface area (Å²) in [5.41, 5.74) is -0.861. The van der Waals surface area contributed by atoms with E-state index in [4.69, 9.17) is 30.9 Å². The molecule has 8 heteroatoms. The lowest BCUT2D eigenvalue weighted by Gasteiger charge is -1.76. The summed E-state index contributed by atoms with van der Waals surface area (Å²) in [6.07, 6.45) is 2.97. The van der Waals surface area contributed by atoms with Gasteiger partial charge in [-0.1, -0.05) is 25.3 Å². The quantitative estimate of drug-likeness (QED) is 0.313. The number of aliphatic hydroxyl groups excluding tert-OH is 2. The van der Waals surface area contributed by atoms with E-state index in [1.165, 1.54) is 24.3 Å². The molecule has 0 saturated carbocycles. The summed E-state index contributed by atoms with van der Waals surface area (Å²) in [5.74, 6) is -2.52. The van der Waals surface area contributed by atoms with Crippen LogP contribution in [0.1, 0.15) is 0 Å². The number of carbonyl (C=O) groups is 2. The number of nitriles is 2. The summed E-state index contributed by atoms with van der Waals surface area (Å²) in [4.78, 5) is 19.2. The minimum absolute atomic E-state index is 0.0144. The summed E-state index contributed by atoms with van der Waals surface area (Å²) in [7, 11) is 0. The second-order valence-electron chi connectivity index (χ2n) is 2.63. The maximum atomic E-state index is 9.61. The molecule has 20 heavy (non-hydrogen) atoms. The minimum Gasteiger partial charge on any atom is -0.477 e. The van der Waals surface area contributed by atoms with E-state index in [2.05, 4.69) is 13.2 Å². The molecule has 0 aromatic heterocycles. The van der Waals surface area contributed by atoms with E-state index in [1.807, 2.05) is 0 Å². The second kappa shape index (κ2) is 16.1. The molecule has 0 aliphatic carbocycles. The molecule has 0 aromatic carbocycles. The number of nitrogens with zero attached hydrogens (tertiary/aromatic N) is 2. The smallest absolute Gasteiger partial charge is 0.345 e. The van der Waals surface area contributed by atoms with Crippen LogP contribution < -0.4 is 0 Å². The van der Waals surface area contributed by atoms with Crippen molar-refractivity contribution in [2.45, 2.75) is 0 Å². The van der Waals surface area contributed by atoms with Gasteiger partial charge in [0.05, 0.1) is 13.2 Å². The van der Waals surface area contributed by atoms with Crippen LogP contribution in [0.4, 0.5) is 0 Å². The standard InChI is InChI=1S/2C4H3NO2.C4H8O2/c2*1-3(2-5)4(6)7;5-3-1-2-4-6/h2*1H2,(H,6,7);1-2,5-6H,3-4H2/b;;2-1+. The molecule has 4 N–H and O–H groups in total. The van der Waals surface area contributed by atoms with Gasteiger partial charge in [0, 0.05) is 0 Å². The normalized spacial score (nSPS) is 7.80. The highest BCUT2D eigenvalue weighted by Crippen LogP contribution is 1.82. The van der Waals surface area contributed by atoms with Gasteiger partial charge in [0.1, 0.15) is 23.3 Å². The maximum absolute atomic E-state index is 9.61. The zero-order valence-corrected chi connectivity index (χ0v) is 10.5. The lowest BCUT2D eigenvalue weighted by atomic mass is 10.4. The molecule has 0 radical (unpaired) electrons. The number of aliphatic hydroxyl groups is 2. The average Bonchev–Trinajstić information content (AvgIpc) is 2.44. The Bertz CT molecular complexity index is 412. The van der Waals surface area contributed by atoms with Gasteiger partial charge in [-0.05, 0) is 0 Å². The van der Waals surface area contributed by atoms with Crippen molar-refractivity contribution in [3.63, 3.8) is 0 Å². The number of carboxylic acids is 2. The van der Waals surface area contributed by atoms with E-state index < -0.39 is 23.1 Å². The molecular formula is C12H14N2O6. The fourth-order valence-corrected chi connectivity index (χ4v) is 0.245. The highest BCUT2D eigenvalue weighted by atomic mass is 16.4. The Morgan fingerprint density at radius 1 is 0.900 bits per heavy atom. The average molecular weight is 282 g/mol. The number of hydrogen-bond donors (Lipinski definition) is 4. The summed E-state index contributed by atoms with van der Waals surface area (Å²) in [6, 6.07) is 2.74. The van der Waals surface area contributed by atoms with E-state index in [0.717, 1.165) is 0 Å². The van der Waals surface area contributed by atoms with Crippen LogP contribution in [0.2, 0.25) is 0 Å². The summed E-state index contributed by atoms with van der Waals surface area (Å²) in [5, 5.41) is 47.3. The van der Waals surface area contributed by atoms with Crippen LogP contribution in [0.25, 0.3) is 0 Å². The van der Waals surface area contributed by atoms with Gasteiger partial charge in [-0.3, -0.25) is 0 Å². The van der Waals surface area contributed by atoms with Crippen LogP contribution in [0.5, 0.6) is 0 Å². The van der Waals surface area contributed by atoms with E-state index in [1.54, 1.807) is 0 Å². The van der Waals surface area contributed by atoms with Gasteiger partial charge < -0.3 is 20.4 Å². The predicted molar refractivity (Wildman–Crippen MR) is 68.1 cm³/mol. The summed E-state index contributed by atoms with van der Waals surface area (Å²) >= 11 is 0. The maximum Gasteiger partial charge on any atom is 0.345 e. The van der Waals surface area contributed by atoms with Crippen molar-refractivity contribution in [1.29, 1.82) is 10.5 Å². The first-order valence-corrected chi connectivity index (χ1v) is 4.79. The van der Waals surface area contributed by atoms with Crippen LogP contribution in [0, 0.1) is 22.7 Å². The van der Waals surface area contributed by atoms with Crippen molar-refractivity contribution in [1.82, 2.24) is 0 Å². The third-order valence-electron chi connectivity index (χ3n) is 1.16. The summed E-state index contributed by atoms with van der Waals surface area (Å²) < 4.78 is 0. The first kappa shape index (κ1) is 22.3. The molecule has 0 aromatic rings. The first-order valence-electron chi connectivity index (χ1n) is 4.79. The summed E-state index contributed by atoms with van der Waals surface area (Å²) in [6.45, 7) is 5.85. The SMILES string of the molecule is C=C(C#N)C(=O)O.C=C(C#N)C(=O)O.OC/C=C/CO. The fourth-order valence-electron chi connectivity index (χ4n) is 0.245. The van der Waals surface area contributed by atoms with Gasteiger partial charge in [0.2, 0.25) is 0 Å². The van der Waals surface area contributed by atoms with Crippen LogP contribution in [0.3, 0.4) is 0 Å². The Morgan fingerprint density at radius 2 is 1.15 bits per heavy atom. The molecule has 0 atom stereocenters. The fraction of sp³-hybridized carbons (Fsp3) is 0.167. The van der Waals surface area contributed by atoms with Crippen molar-refractivity contribution in [2.24, 2.45) is 0 Å². The molecule has 0 saturated heterocycles. The largest absolute Gasteiger partial charge is 0.477 e. The highest BCUT2D eigenvalue weighted by molar-refractivity contribution is 5.90. The third kappa shape index (κ3) is 20.5. The van der Waals surface area contributed by atoms with E-state index >= 15 is 0 Å². The molecule has 0 bridgehead atoms. The minimum atomic E-state index is -1.26. The van der Waals surface area contributed by atoms with E-state index in [-0.39, 0.29) is 13.2 Å². The first-order chi connectivity index (χ1) is 9.28. The molecule has 0 aliphatic heterocycles.